The van der Waals surface area contributed by atoms with E-state index in [2.05, 4.69) is 26.1 Å². The summed E-state index contributed by atoms with van der Waals surface area (Å²) < 4.78 is 5.62. The number of nitrogens with one attached hydrogen (secondary N) is 1. The van der Waals surface area contributed by atoms with Crippen molar-refractivity contribution in [3.05, 3.63) is 33.2 Å². The second-order valence-corrected chi connectivity index (χ2v) is 3.57. The van der Waals surface area contributed by atoms with Gasteiger partial charge in [-0.15, -0.1) is 5.10 Å². The monoisotopic (exact) mass is 255 g/mol. The van der Waals surface area contributed by atoms with Gasteiger partial charge in [-0.1, -0.05) is 15.9 Å². The molecular weight excluding hydrogens is 250 g/mol. The Labute approximate surface area is 87.1 Å². The molecule has 0 aliphatic carbocycles. The van der Waals surface area contributed by atoms with Crippen LogP contribution < -0.4 is 11.5 Å². The number of H-pyrrole nitrogens is 1. The number of hydrogen-bond acceptors (Lipinski definition) is 4. The molecule has 0 bridgehead atoms. The summed E-state index contributed by atoms with van der Waals surface area (Å²) in [5, 5.41) is 5.85. The molecule has 2 rings (SSSR count). The zero-order valence-corrected chi connectivity index (χ0v) is 8.54. The van der Waals surface area contributed by atoms with Gasteiger partial charge in [-0.25, -0.2) is 9.89 Å². The lowest BCUT2D eigenvalue weighted by molar-refractivity contribution is 0.527. The second-order valence-electron chi connectivity index (χ2n) is 2.65. The average molecular weight is 256 g/mol. The fourth-order valence-corrected chi connectivity index (χ4v) is 1.42. The molecule has 72 valence electrons. The number of nitrogens with zero attached hydrogens (tertiary/aromatic N) is 1. The van der Waals surface area contributed by atoms with Crippen molar-refractivity contribution in [2.75, 3.05) is 5.73 Å². The van der Waals surface area contributed by atoms with Crippen molar-refractivity contribution in [2.24, 2.45) is 0 Å². The highest BCUT2D eigenvalue weighted by Gasteiger charge is 2.09. The maximum absolute atomic E-state index is 10.7. The summed E-state index contributed by atoms with van der Waals surface area (Å²) in [7, 11) is 0. The lowest BCUT2D eigenvalue weighted by Gasteiger charge is -2.00. The van der Waals surface area contributed by atoms with E-state index in [1.165, 1.54) is 0 Å². The van der Waals surface area contributed by atoms with Crippen molar-refractivity contribution in [1.29, 1.82) is 0 Å². The quantitative estimate of drug-likeness (QED) is 0.754. The summed E-state index contributed by atoms with van der Waals surface area (Å²) in [5.41, 5.74) is 6.78. The van der Waals surface area contributed by atoms with Gasteiger partial charge >= 0.3 is 5.76 Å². The average Bonchev–Trinajstić information content (AvgIpc) is 2.56. The minimum Gasteiger partial charge on any atom is -0.398 e. The molecule has 0 atom stereocenters. The van der Waals surface area contributed by atoms with Crippen molar-refractivity contribution in [3.63, 3.8) is 0 Å². The molecule has 0 saturated carbocycles. The molecule has 3 N–H and O–H groups in total. The molecule has 1 aromatic heterocycles. The summed E-state index contributed by atoms with van der Waals surface area (Å²) in [6.45, 7) is 0. The number of aromatic nitrogens is 2. The Morgan fingerprint density at radius 3 is 2.93 bits per heavy atom. The molecule has 0 aliphatic heterocycles. The Kier molecular flexibility index (Phi) is 2.12. The Balaban J connectivity index is 2.61. The van der Waals surface area contributed by atoms with Crippen molar-refractivity contribution >= 4 is 21.6 Å². The third-order valence-corrected chi connectivity index (χ3v) is 2.18. The van der Waals surface area contributed by atoms with Crippen molar-refractivity contribution < 1.29 is 4.42 Å². The summed E-state index contributed by atoms with van der Waals surface area (Å²) in [6.07, 6.45) is 0. The summed E-state index contributed by atoms with van der Waals surface area (Å²) in [6, 6.07) is 5.23. The van der Waals surface area contributed by atoms with Gasteiger partial charge in [-0.2, -0.15) is 0 Å². The third-order valence-electron chi connectivity index (χ3n) is 1.68. The maximum atomic E-state index is 10.7. The molecule has 0 radical (unpaired) electrons. The van der Waals surface area contributed by atoms with Gasteiger partial charge in [0.2, 0.25) is 0 Å². The first-order valence-electron chi connectivity index (χ1n) is 3.78. The predicted octanol–water partition coefficient (Wildman–Crippen LogP) is 1.37. The molecule has 6 heteroatoms. The van der Waals surface area contributed by atoms with Crippen LogP contribution in [-0.4, -0.2) is 10.2 Å². The van der Waals surface area contributed by atoms with Gasteiger partial charge in [0.15, 0.2) is 0 Å². The Morgan fingerprint density at radius 2 is 2.29 bits per heavy atom. The highest BCUT2D eigenvalue weighted by molar-refractivity contribution is 9.10. The van der Waals surface area contributed by atoms with Crippen molar-refractivity contribution in [2.45, 2.75) is 0 Å². The highest BCUT2D eigenvalue weighted by Crippen LogP contribution is 2.26. The van der Waals surface area contributed by atoms with Crippen LogP contribution in [0.15, 0.2) is 31.9 Å². The molecule has 5 nitrogen and oxygen atoms in total. The number of nitrogens with two attached hydrogens (primary N) is 1. The van der Waals surface area contributed by atoms with E-state index in [1.54, 1.807) is 18.2 Å². The van der Waals surface area contributed by atoms with Gasteiger partial charge in [0, 0.05) is 10.2 Å². The largest absolute Gasteiger partial charge is 0.434 e. The number of aromatic amines is 1. The number of benzene rings is 1. The Bertz CT molecular complexity index is 517. The van der Waals surface area contributed by atoms with Crippen LogP contribution in [0.4, 0.5) is 5.69 Å². The van der Waals surface area contributed by atoms with Gasteiger partial charge in [0.1, 0.15) is 0 Å². The topological polar surface area (TPSA) is 84.9 Å². The maximum Gasteiger partial charge on any atom is 0.434 e. The van der Waals surface area contributed by atoms with Gasteiger partial charge in [-0.3, -0.25) is 0 Å². The molecular formula is C8H6BrN3O2. The number of halogens is 1. The fourth-order valence-electron chi connectivity index (χ4n) is 1.06. The molecule has 0 spiro atoms. The molecule has 14 heavy (non-hydrogen) atoms. The standard InChI is InChI=1S/C8H6BrN3O2/c9-4-1-2-6(10)5(3-4)7-11-12-8(13)14-7/h1-3H,10H2,(H,12,13). The van der Waals surface area contributed by atoms with E-state index in [0.717, 1.165) is 4.47 Å². The van der Waals surface area contributed by atoms with Gasteiger partial charge in [-0.05, 0) is 18.2 Å². The van der Waals surface area contributed by atoms with E-state index < -0.39 is 5.76 Å². The van der Waals surface area contributed by atoms with Crippen LogP contribution in [0, 0.1) is 0 Å². The van der Waals surface area contributed by atoms with E-state index in [-0.39, 0.29) is 5.89 Å². The molecule has 0 amide bonds. The Morgan fingerprint density at radius 1 is 1.50 bits per heavy atom. The van der Waals surface area contributed by atoms with E-state index in [4.69, 9.17) is 10.2 Å². The second kappa shape index (κ2) is 3.30. The number of nitrogen functional groups attached to an aromatic ring is 1. The Hall–Kier alpha value is -1.56. The van der Waals surface area contributed by atoms with Crippen LogP contribution >= 0.6 is 15.9 Å². The van der Waals surface area contributed by atoms with Crippen LogP contribution in [0.3, 0.4) is 0 Å². The van der Waals surface area contributed by atoms with E-state index in [1.807, 2.05) is 0 Å². The fraction of sp³-hybridized carbons (Fsp3) is 0. The first kappa shape index (κ1) is 9.01. The smallest absolute Gasteiger partial charge is 0.398 e. The number of rotatable bonds is 1. The van der Waals surface area contributed by atoms with E-state index in [0.29, 0.717) is 11.3 Å². The number of hydrogen-bond donors (Lipinski definition) is 2. The molecule has 0 fully saturated rings. The lowest BCUT2D eigenvalue weighted by atomic mass is 10.2. The minimum absolute atomic E-state index is 0.189. The first-order valence-corrected chi connectivity index (χ1v) is 4.57. The molecule has 0 unspecified atom stereocenters. The normalized spacial score (nSPS) is 10.4. The first-order chi connectivity index (χ1) is 6.66. The van der Waals surface area contributed by atoms with E-state index >= 15 is 0 Å². The van der Waals surface area contributed by atoms with E-state index in [9.17, 15) is 4.79 Å². The number of anilines is 1. The van der Waals surface area contributed by atoms with Crippen molar-refractivity contribution in [1.82, 2.24) is 10.2 Å². The van der Waals surface area contributed by atoms with Crippen molar-refractivity contribution in [3.8, 4) is 11.5 Å². The molecule has 2 aromatic rings. The summed E-state index contributed by atoms with van der Waals surface area (Å²) >= 11 is 3.29. The van der Waals surface area contributed by atoms with Crippen LogP contribution in [0.2, 0.25) is 0 Å². The molecule has 1 heterocycles. The van der Waals surface area contributed by atoms with Crippen LogP contribution in [0.5, 0.6) is 0 Å². The summed E-state index contributed by atoms with van der Waals surface area (Å²) in [5.74, 6) is -0.409. The van der Waals surface area contributed by atoms with Crippen LogP contribution in [0.1, 0.15) is 0 Å². The molecule has 0 aliphatic rings. The van der Waals surface area contributed by atoms with Gasteiger partial charge in [0.25, 0.3) is 5.89 Å². The molecule has 1 aromatic carbocycles. The lowest BCUT2D eigenvalue weighted by Crippen LogP contribution is -1.93. The zero-order chi connectivity index (χ0) is 10.1. The summed E-state index contributed by atoms with van der Waals surface area (Å²) in [4.78, 5) is 10.7. The van der Waals surface area contributed by atoms with Crippen LogP contribution in [0.25, 0.3) is 11.5 Å². The molecule has 0 saturated heterocycles. The zero-order valence-electron chi connectivity index (χ0n) is 6.95. The SMILES string of the molecule is Nc1ccc(Br)cc1-c1n[nH]c(=O)o1. The highest BCUT2D eigenvalue weighted by atomic mass is 79.9. The predicted molar refractivity (Wildman–Crippen MR) is 54.7 cm³/mol. The van der Waals surface area contributed by atoms with Gasteiger partial charge in [0.05, 0.1) is 5.56 Å². The van der Waals surface area contributed by atoms with Crippen LogP contribution in [-0.2, 0) is 0 Å². The third kappa shape index (κ3) is 1.56. The minimum atomic E-state index is -0.598. The van der Waals surface area contributed by atoms with Gasteiger partial charge < -0.3 is 10.2 Å².